The number of para-hydroxylation sites is 1. The van der Waals surface area contributed by atoms with E-state index in [-0.39, 0.29) is 6.54 Å². The maximum absolute atomic E-state index is 12.9. The van der Waals surface area contributed by atoms with E-state index < -0.39 is 24.9 Å². The molecule has 1 aromatic heterocycles. The number of alkyl halides is 3. The number of halogens is 3. The Morgan fingerprint density at radius 3 is 2.38 bits per heavy atom. The molecular formula is C14H15F3N2O2. The third-order valence-electron chi connectivity index (χ3n) is 3.36. The molecule has 2 aromatic rings. The minimum atomic E-state index is -4.76. The van der Waals surface area contributed by atoms with Crippen molar-refractivity contribution in [2.24, 2.45) is 0 Å². The predicted octanol–water partition coefficient (Wildman–Crippen LogP) is 1.61. The van der Waals surface area contributed by atoms with Gasteiger partial charge in [-0.15, -0.1) is 0 Å². The Morgan fingerprint density at radius 1 is 1.10 bits per heavy atom. The molecule has 0 aliphatic heterocycles. The molecule has 7 heteroatoms. The van der Waals surface area contributed by atoms with Gasteiger partial charge in [0.1, 0.15) is 0 Å². The number of pyridine rings is 1. The summed E-state index contributed by atoms with van der Waals surface area (Å²) < 4.78 is 38.8. The van der Waals surface area contributed by atoms with E-state index in [1.54, 1.807) is 18.2 Å². The zero-order valence-corrected chi connectivity index (χ0v) is 11.1. The second kappa shape index (κ2) is 5.97. The first-order chi connectivity index (χ1) is 9.92. The number of nitrogens with one attached hydrogen (secondary N) is 1. The van der Waals surface area contributed by atoms with Crippen molar-refractivity contribution in [3.63, 3.8) is 0 Å². The first-order valence-electron chi connectivity index (χ1n) is 6.29. The highest BCUT2D eigenvalue weighted by Crippen LogP contribution is 2.30. The van der Waals surface area contributed by atoms with Crippen LogP contribution in [-0.4, -0.2) is 40.1 Å². The van der Waals surface area contributed by atoms with E-state index in [9.17, 15) is 13.2 Å². The number of benzene rings is 1. The van der Waals surface area contributed by atoms with Gasteiger partial charge in [-0.1, -0.05) is 18.2 Å². The monoisotopic (exact) mass is 300 g/mol. The molecule has 4 nitrogen and oxygen atoms in total. The molecule has 1 heterocycles. The standard InChI is InChI=1S/C14H15F3N2O2/c15-14(16,17)13(8-20,9-21)19-7-10-5-11-3-1-2-4-12(11)18-6-10/h1-6,19-21H,7-9H2. The number of aliphatic hydroxyl groups excluding tert-OH is 2. The topological polar surface area (TPSA) is 65.4 Å². The first-order valence-corrected chi connectivity index (χ1v) is 6.29. The van der Waals surface area contributed by atoms with Gasteiger partial charge in [-0.05, 0) is 17.7 Å². The van der Waals surface area contributed by atoms with Gasteiger partial charge >= 0.3 is 6.18 Å². The Kier molecular flexibility index (Phi) is 4.46. The second-order valence-electron chi connectivity index (χ2n) is 4.79. The second-order valence-corrected chi connectivity index (χ2v) is 4.79. The van der Waals surface area contributed by atoms with Gasteiger partial charge in [-0.3, -0.25) is 10.3 Å². The zero-order chi connectivity index (χ0) is 15.5. The van der Waals surface area contributed by atoms with Crippen molar-refractivity contribution in [1.82, 2.24) is 10.3 Å². The van der Waals surface area contributed by atoms with Gasteiger partial charge in [0.2, 0.25) is 0 Å². The largest absolute Gasteiger partial charge is 0.411 e. The molecule has 0 saturated carbocycles. The first kappa shape index (κ1) is 15.7. The summed E-state index contributed by atoms with van der Waals surface area (Å²) in [4.78, 5) is 4.15. The van der Waals surface area contributed by atoms with Crippen molar-refractivity contribution < 1.29 is 23.4 Å². The molecule has 0 unspecified atom stereocenters. The number of aliphatic hydroxyl groups is 2. The molecule has 1 aromatic carbocycles. The van der Waals surface area contributed by atoms with Crippen LogP contribution in [-0.2, 0) is 6.54 Å². The van der Waals surface area contributed by atoms with Crippen molar-refractivity contribution >= 4 is 10.9 Å². The molecule has 0 aliphatic rings. The van der Waals surface area contributed by atoms with Gasteiger partial charge in [-0.2, -0.15) is 13.2 Å². The molecule has 0 amide bonds. The Bertz CT molecular complexity index is 612. The molecule has 0 radical (unpaired) electrons. The maximum Gasteiger partial charge on any atom is 0.411 e. The van der Waals surface area contributed by atoms with E-state index in [4.69, 9.17) is 10.2 Å². The fourth-order valence-corrected chi connectivity index (χ4v) is 1.93. The minimum Gasteiger partial charge on any atom is -0.394 e. The Balaban J connectivity index is 2.19. The van der Waals surface area contributed by atoms with E-state index in [1.807, 2.05) is 12.1 Å². The summed E-state index contributed by atoms with van der Waals surface area (Å²) >= 11 is 0. The fraction of sp³-hybridized carbons (Fsp3) is 0.357. The highest BCUT2D eigenvalue weighted by molar-refractivity contribution is 5.78. The smallest absolute Gasteiger partial charge is 0.394 e. The Labute approximate surface area is 119 Å². The lowest BCUT2D eigenvalue weighted by molar-refractivity contribution is -0.217. The molecule has 21 heavy (non-hydrogen) atoms. The molecule has 0 bridgehead atoms. The van der Waals surface area contributed by atoms with Crippen molar-refractivity contribution in [2.45, 2.75) is 18.3 Å². The van der Waals surface area contributed by atoms with E-state index in [0.717, 1.165) is 10.9 Å². The van der Waals surface area contributed by atoms with E-state index in [0.29, 0.717) is 5.56 Å². The highest BCUT2D eigenvalue weighted by atomic mass is 19.4. The van der Waals surface area contributed by atoms with Gasteiger partial charge in [0.05, 0.1) is 18.7 Å². The number of fused-ring (bicyclic) bond motifs is 1. The van der Waals surface area contributed by atoms with Crippen LogP contribution >= 0.6 is 0 Å². The zero-order valence-electron chi connectivity index (χ0n) is 11.1. The third kappa shape index (κ3) is 3.15. The summed E-state index contributed by atoms with van der Waals surface area (Å²) in [5.41, 5.74) is -1.45. The van der Waals surface area contributed by atoms with Gasteiger partial charge in [0.25, 0.3) is 0 Å². The summed E-state index contributed by atoms with van der Waals surface area (Å²) in [6.45, 7) is -2.65. The summed E-state index contributed by atoms with van der Waals surface area (Å²) in [7, 11) is 0. The molecule has 2 rings (SSSR count). The summed E-state index contributed by atoms with van der Waals surface area (Å²) in [6.07, 6.45) is -3.30. The Hall–Kier alpha value is -1.70. The van der Waals surface area contributed by atoms with Crippen molar-refractivity contribution in [1.29, 1.82) is 0 Å². The van der Waals surface area contributed by atoms with Gasteiger partial charge in [0.15, 0.2) is 5.54 Å². The van der Waals surface area contributed by atoms with Crippen LogP contribution in [0.4, 0.5) is 13.2 Å². The van der Waals surface area contributed by atoms with Gasteiger partial charge in [-0.25, -0.2) is 0 Å². The van der Waals surface area contributed by atoms with Crippen molar-refractivity contribution in [3.8, 4) is 0 Å². The number of hydrogen-bond acceptors (Lipinski definition) is 4. The van der Waals surface area contributed by atoms with Gasteiger partial charge < -0.3 is 10.2 Å². The number of aromatic nitrogens is 1. The van der Waals surface area contributed by atoms with Crippen LogP contribution in [0.1, 0.15) is 5.56 Å². The fourth-order valence-electron chi connectivity index (χ4n) is 1.93. The molecule has 0 aliphatic carbocycles. The van der Waals surface area contributed by atoms with Gasteiger partial charge in [0, 0.05) is 18.1 Å². The molecule has 0 atom stereocenters. The lowest BCUT2D eigenvalue weighted by Crippen LogP contribution is -2.61. The molecular weight excluding hydrogens is 285 g/mol. The minimum absolute atomic E-state index is 0.168. The van der Waals surface area contributed by atoms with Crippen LogP contribution in [0.3, 0.4) is 0 Å². The maximum atomic E-state index is 12.9. The third-order valence-corrected chi connectivity index (χ3v) is 3.36. The van der Waals surface area contributed by atoms with Crippen LogP contribution in [0.2, 0.25) is 0 Å². The van der Waals surface area contributed by atoms with Crippen LogP contribution in [0.25, 0.3) is 10.9 Å². The van der Waals surface area contributed by atoms with Crippen LogP contribution < -0.4 is 5.32 Å². The van der Waals surface area contributed by atoms with E-state index in [2.05, 4.69) is 10.3 Å². The van der Waals surface area contributed by atoms with Crippen molar-refractivity contribution in [3.05, 3.63) is 42.1 Å². The van der Waals surface area contributed by atoms with Crippen LogP contribution in [0, 0.1) is 0 Å². The molecule has 0 spiro atoms. The normalized spacial score (nSPS) is 12.8. The highest BCUT2D eigenvalue weighted by Gasteiger charge is 2.54. The summed E-state index contributed by atoms with van der Waals surface area (Å²) in [5.74, 6) is 0. The van der Waals surface area contributed by atoms with Crippen LogP contribution in [0.15, 0.2) is 36.5 Å². The average Bonchev–Trinajstić information content (AvgIpc) is 2.47. The average molecular weight is 300 g/mol. The molecule has 3 N–H and O–H groups in total. The van der Waals surface area contributed by atoms with E-state index in [1.165, 1.54) is 6.20 Å². The summed E-state index contributed by atoms with van der Waals surface area (Å²) in [6, 6.07) is 8.95. The van der Waals surface area contributed by atoms with Crippen LogP contribution in [0.5, 0.6) is 0 Å². The number of rotatable bonds is 5. The number of nitrogens with zero attached hydrogens (tertiary/aromatic N) is 1. The molecule has 0 saturated heterocycles. The lowest BCUT2D eigenvalue weighted by Gasteiger charge is -2.33. The van der Waals surface area contributed by atoms with Crippen molar-refractivity contribution in [2.75, 3.05) is 13.2 Å². The predicted molar refractivity (Wildman–Crippen MR) is 71.5 cm³/mol. The SMILES string of the molecule is OCC(CO)(NCc1cnc2ccccc2c1)C(F)(F)F. The Morgan fingerprint density at radius 2 is 1.76 bits per heavy atom. The lowest BCUT2D eigenvalue weighted by atomic mass is 10.0. The number of hydrogen-bond donors (Lipinski definition) is 3. The van der Waals surface area contributed by atoms with E-state index >= 15 is 0 Å². The molecule has 114 valence electrons. The quantitative estimate of drug-likeness (QED) is 0.785. The molecule has 0 fully saturated rings. The summed E-state index contributed by atoms with van der Waals surface area (Å²) in [5, 5.41) is 21.0.